The molecule has 0 saturated heterocycles. The molecule has 0 bridgehead atoms. The number of nitriles is 1. The Morgan fingerprint density at radius 3 is 1.51 bits per heavy atom. The molecule has 236 valence electrons. The lowest BCUT2D eigenvalue weighted by atomic mass is 9.89. The van der Waals surface area contributed by atoms with E-state index in [0.29, 0.717) is 11.5 Å². The van der Waals surface area contributed by atoms with Crippen LogP contribution < -0.4 is 0 Å². The van der Waals surface area contributed by atoms with E-state index < -0.39 is 0 Å². The van der Waals surface area contributed by atoms with Crippen LogP contribution in [0.3, 0.4) is 0 Å². The van der Waals surface area contributed by atoms with Gasteiger partial charge >= 0.3 is 0 Å². The molecule has 0 aliphatic heterocycles. The summed E-state index contributed by atoms with van der Waals surface area (Å²) in [6.45, 7) is 0. The lowest BCUT2D eigenvalue weighted by Gasteiger charge is -2.14. The van der Waals surface area contributed by atoms with Gasteiger partial charge in [-0.25, -0.2) is 4.98 Å². The summed E-state index contributed by atoms with van der Waals surface area (Å²) in [6, 6.07) is 61.7. The van der Waals surface area contributed by atoms with Crippen LogP contribution in [0.5, 0.6) is 0 Å². The summed E-state index contributed by atoms with van der Waals surface area (Å²) in [5.41, 5.74) is 9.62. The molecule has 0 aliphatic rings. The molecule has 0 spiro atoms. The van der Waals surface area contributed by atoms with Crippen LogP contribution in [-0.2, 0) is 0 Å². The smallest absolute Gasteiger partial charge is 0.227 e. The third-order valence-electron chi connectivity index (χ3n) is 10.1. The highest BCUT2D eigenvalue weighted by molar-refractivity contribution is 6.18. The van der Waals surface area contributed by atoms with E-state index in [1.54, 1.807) is 0 Å². The quantitative estimate of drug-likeness (QED) is 0.178. The van der Waals surface area contributed by atoms with E-state index in [-0.39, 0.29) is 0 Å². The van der Waals surface area contributed by atoms with Gasteiger partial charge in [-0.2, -0.15) is 5.26 Å². The fourth-order valence-corrected chi connectivity index (χ4v) is 7.63. The highest BCUT2D eigenvalue weighted by Gasteiger charge is 2.20. The SMILES string of the molecule is N#Cc1ccc(-c2ccc(-c3nc4c(-c5cc6ccccc6c6ccccc56)cc(-c5cc6ccccc6c6ccccc56)cc4o3)cc2)cc1. The normalized spacial score (nSPS) is 11.5. The van der Waals surface area contributed by atoms with Crippen LogP contribution in [0.25, 0.3) is 99.0 Å². The van der Waals surface area contributed by atoms with Gasteiger partial charge in [0.1, 0.15) is 5.52 Å². The van der Waals surface area contributed by atoms with E-state index >= 15 is 0 Å². The molecule has 1 aromatic heterocycles. The zero-order valence-corrected chi connectivity index (χ0v) is 27.5. The first-order chi connectivity index (χ1) is 25.2. The van der Waals surface area contributed by atoms with Crippen molar-refractivity contribution in [1.82, 2.24) is 4.98 Å². The number of hydrogen-bond donors (Lipinski definition) is 0. The highest BCUT2D eigenvalue weighted by Crippen LogP contribution is 2.43. The lowest BCUT2D eigenvalue weighted by Crippen LogP contribution is -1.89. The average Bonchev–Trinajstić information content (AvgIpc) is 3.64. The third kappa shape index (κ3) is 4.77. The number of nitrogens with zero attached hydrogens (tertiary/aromatic N) is 2. The molecule has 3 nitrogen and oxygen atoms in total. The number of rotatable bonds is 4. The largest absolute Gasteiger partial charge is 0.436 e. The Hall–Kier alpha value is -7.02. The first kappa shape index (κ1) is 28.9. The van der Waals surface area contributed by atoms with Crippen LogP contribution >= 0.6 is 0 Å². The summed E-state index contributed by atoms with van der Waals surface area (Å²) < 4.78 is 6.71. The summed E-state index contributed by atoms with van der Waals surface area (Å²) >= 11 is 0. The Labute approximate surface area is 294 Å². The highest BCUT2D eigenvalue weighted by atomic mass is 16.3. The molecule has 0 saturated carbocycles. The van der Waals surface area contributed by atoms with Gasteiger partial charge in [-0.15, -0.1) is 0 Å². The van der Waals surface area contributed by atoms with Crippen molar-refractivity contribution < 1.29 is 4.42 Å². The maximum atomic E-state index is 9.22. The van der Waals surface area contributed by atoms with Crippen LogP contribution in [0, 0.1) is 11.3 Å². The zero-order chi connectivity index (χ0) is 33.9. The maximum Gasteiger partial charge on any atom is 0.227 e. The standard InChI is InChI=1S/C48H28N2O/c49-29-30-17-19-31(20-18-30)32-21-23-33(24-22-32)48-50-47-45(44-26-35-10-2-4-12-38(35)40-14-6-8-16-42(40)44)27-36(28-46(47)51-48)43-25-34-9-1-3-11-37(34)39-13-5-7-15-41(39)43/h1-28H. The Bertz CT molecular complexity index is 3020. The molecule has 0 radical (unpaired) electrons. The Kier molecular flexibility index (Phi) is 6.56. The van der Waals surface area contributed by atoms with Crippen molar-refractivity contribution in [2.24, 2.45) is 0 Å². The molecule has 0 N–H and O–H groups in total. The Morgan fingerprint density at radius 2 is 0.902 bits per heavy atom. The summed E-state index contributed by atoms with van der Waals surface area (Å²) in [5.74, 6) is 0.572. The first-order valence-electron chi connectivity index (χ1n) is 17.1. The Balaban J connectivity index is 1.22. The minimum atomic E-state index is 0.572. The third-order valence-corrected chi connectivity index (χ3v) is 10.1. The van der Waals surface area contributed by atoms with E-state index in [0.717, 1.165) is 50.0 Å². The van der Waals surface area contributed by atoms with Crippen LogP contribution in [0.4, 0.5) is 0 Å². The monoisotopic (exact) mass is 648 g/mol. The fraction of sp³-hybridized carbons (Fsp3) is 0. The second kappa shape index (κ2) is 11.6. The number of hydrogen-bond acceptors (Lipinski definition) is 3. The van der Waals surface area contributed by atoms with Crippen molar-refractivity contribution in [3.8, 4) is 50.9 Å². The molecule has 0 atom stereocenters. The van der Waals surface area contributed by atoms with E-state index in [2.05, 4.69) is 152 Å². The Morgan fingerprint density at radius 1 is 0.412 bits per heavy atom. The van der Waals surface area contributed by atoms with E-state index in [1.807, 2.05) is 24.3 Å². The van der Waals surface area contributed by atoms with Crippen LogP contribution in [0.2, 0.25) is 0 Å². The van der Waals surface area contributed by atoms with Crippen molar-refractivity contribution in [3.63, 3.8) is 0 Å². The van der Waals surface area contributed by atoms with Gasteiger partial charge in [0, 0.05) is 11.1 Å². The van der Waals surface area contributed by atoms with Gasteiger partial charge in [-0.1, -0.05) is 121 Å². The predicted octanol–water partition coefficient (Wildman–Crippen LogP) is 13.0. The van der Waals surface area contributed by atoms with Crippen molar-refractivity contribution in [3.05, 3.63) is 175 Å². The minimum Gasteiger partial charge on any atom is -0.436 e. The molecule has 3 heteroatoms. The summed E-state index contributed by atoms with van der Waals surface area (Å²) in [7, 11) is 0. The van der Waals surface area contributed by atoms with Crippen molar-refractivity contribution in [1.29, 1.82) is 5.26 Å². The molecule has 1 heterocycles. The molecule has 0 unspecified atom stereocenters. The molecule has 0 aliphatic carbocycles. The molecule has 10 aromatic rings. The number of aromatic nitrogens is 1. The molecular formula is C48H28N2O. The number of fused-ring (bicyclic) bond motifs is 7. The van der Waals surface area contributed by atoms with Gasteiger partial charge in [-0.3, -0.25) is 0 Å². The summed E-state index contributed by atoms with van der Waals surface area (Å²) in [4.78, 5) is 5.22. The topological polar surface area (TPSA) is 49.8 Å². The van der Waals surface area contributed by atoms with E-state index in [1.165, 1.54) is 43.1 Å². The van der Waals surface area contributed by atoms with E-state index in [4.69, 9.17) is 9.40 Å². The van der Waals surface area contributed by atoms with Crippen LogP contribution in [0.15, 0.2) is 174 Å². The van der Waals surface area contributed by atoms with Crippen molar-refractivity contribution in [2.45, 2.75) is 0 Å². The first-order valence-corrected chi connectivity index (χ1v) is 17.1. The molecule has 0 fully saturated rings. The molecule has 0 amide bonds. The second-order valence-electron chi connectivity index (χ2n) is 13.0. The van der Waals surface area contributed by atoms with Crippen molar-refractivity contribution >= 4 is 54.2 Å². The summed E-state index contributed by atoms with van der Waals surface area (Å²) in [6.07, 6.45) is 0. The average molecular weight is 649 g/mol. The second-order valence-corrected chi connectivity index (χ2v) is 13.0. The molecule has 51 heavy (non-hydrogen) atoms. The minimum absolute atomic E-state index is 0.572. The number of benzene rings is 9. The summed E-state index contributed by atoms with van der Waals surface area (Å²) in [5, 5.41) is 18.9. The van der Waals surface area contributed by atoms with Gasteiger partial charge in [-0.05, 0) is 119 Å². The maximum absolute atomic E-state index is 9.22. The number of oxazole rings is 1. The molecule has 9 aromatic carbocycles. The molecule has 10 rings (SSSR count). The van der Waals surface area contributed by atoms with Gasteiger partial charge in [0.25, 0.3) is 0 Å². The van der Waals surface area contributed by atoms with Gasteiger partial charge < -0.3 is 4.42 Å². The lowest BCUT2D eigenvalue weighted by molar-refractivity contribution is 0.620. The van der Waals surface area contributed by atoms with Crippen molar-refractivity contribution in [2.75, 3.05) is 0 Å². The molecular weight excluding hydrogens is 621 g/mol. The van der Waals surface area contributed by atoms with Gasteiger partial charge in [0.05, 0.1) is 11.6 Å². The fourth-order valence-electron chi connectivity index (χ4n) is 7.63. The van der Waals surface area contributed by atoms with Gasteiger partial charge in [0.15, 0.2) is 5.58 Å². The van der Waals surface area contributed by atoms with Gasteiger partial charge in [0.2, 0.25) is 5.89 Å². The van der Waals surface area contributed by atoms with E-state index in [9.17, 15) is 5.26 Å². The van der Waals surface area contributed by atoms with Crippen LogP contribution in [0.1, 0.15) is 5.56 Å². The van der Waals surface area contributed by atoms with Crippen LogP contribution in [-0.4, -0.2) is 4.98 Å². The zero-order valence-electron chi connectivity index (χ0n) is 27.5. The predicted molar refractivity (Wildman–Crippen MR) is 210 cm³/mol.